The van der Waals surface area contributed by atoms with Gasteiger partial charge in [0, 0.05) is 13.3 Å². The van der Waals surface area contributed by atoms with Gasteiger partial charge in [0.15, 0.2) is 0 Å². The molecule has 0 aliphatic carbocycles. The monoisotopic (exact) mass is 545 g/mol. The summed E-state index contributed by atoms with van der Waals surface area (Å²) in [5.41, 5.74) is -1.57. The van der Waals surface area contributed by atoms with Crippen LogP contribution in [0.1, 0.15) is 97.3 Å². The summed E-state index contributed by atoms with van der Waals surface area (Å²) >= 11 is 0. The number of hydrogen-bond donors (Lipinski definition) is 0. The van der Waals surface area contributed by atoms with Gasteiger partial charge in [-0.05, 0) is 61.3 Å². The smallest absolute Gasteiger partial charge is 0.379 e. The summed E-state index contributed by atoms with van der Waals surface area (Å²) < 4.78 is 10.1. The molecule has 0 saturated carbocycles. The van der Waals surface area contributed by atoms with E-state index in [0.29, 0.717) is 6.61 Å². The molecule has 0 N–H and O–H groups in total. The molecule has 0 bridgehead atoms. The summed E-state index contributed by atoms with van der Waals surface area (Å²) in [6.07, 6.45) is 24.3. The number of rotatable bonds is 21. The third-order valence-corrected chi connectivity index (χ3v) is 5.90. The van der Waals surface area contributed by atoms with Crippen LogP contribution in [-0.2, 0) is 23.9 Å². The molecule has 1 unspecified atom stereocenters. The molecule has 1 aliphatic rings. The van der Waals surface area contributed by atoms with Gasteiger partial charge in [-0.15, -0.1) is 0 Å². The molecule has 0 aromatic rings. The number of ether oxygens (including phenoxy) is 2. The second kappa shape index (κ2) is 20.5. The fourth-order valence-corrected chi connectivity index (χ4v) is 3.55. The molecule has 0 fully saturated rings. The number of esters is 2. The van der Waals surface area contributed by atoms with Crippen LogP contribution in [-0.4, -0.2) is 53.6 Å². The predicted molar refractivity (Wildman–Crippen MR) is 151 cm³/mol. The number of carbonyl (C=O) groups excluding carboxylic acids is 3. The van der Waals surface area contributed by atoms with Gasteiger partial charge in [-0.25, -0.2) is 4.99 Å². The largest absolute Gasteiger partial charge is 0.466 e. The van der Waals surface area contributed by atoms with Crippen LogP contribution in [0.25, 0.3) is 0 Å². The molecule has 10 nitrogen and oxygen atoms in total. The molecule has 1 heterocycles. The van der Waals surface area contributed by atoms with E-state index in [0.717, 1.165) is 44.7 Å². The number of allylic oxidation sites excluding steroid dienone is 6. The Morgan fingerprint density at radius 3 is 1.97 bits per heavy atom. The minimum absolute atomic E-state index is 0.101. The number of amidine groups is 1. The molecular weight excluding hydrogens is 502 g/mol. The van der Waals surface area contributed by atoms with E-state index in [1.165, 1.54) is 32.6 Å². The Labute approximate surface area is 231 Å². The second-order valence-corrected chi connectivity index (χ2v) is 9.35. The van der Waals surface area contributed by atoms with E-state index in [1.54, 1.807) is 0 Å². The van der Waals surface area contributed by atoms with Crippen LogP contribution in [0.2, 0.25) is 0 Å². The zero-order valence-corrected chi connectivity index (χ0v) is 23.3. The topological polar surface area (TPSA) is 138 Å². The summed E-state index contributed by atoms with van der Waals surface area (Å²) in [4.78, 5) is 53.3. The van der Waals surface area contributed by atoms with Crippen LogP contribution in [0.5, 0.6) is 0 Å². The van der Waals surface area contributed by atoms with Gasteiger partial charge < -0.3 is 19.6 Å². The molecular formula is C29H43N3O7. The van der Waals surface area contributed by atoms with Crippen molar-refractivity contribution >= 4 is 29.8 Å². The Kier molecular flexibility index (Phi) is 17.7. The zero-order chi connectivity index (χ0) is 28.8. The van der Waals surface area contributed by atoms with E-state index >= 15 is 0 Å². The molecule has 0 aromatic carbocycles. The first-order valence-corrected chi connectivity index (χ1v) is 13.9. The lowest BCUT2D eigenvalue weighted by Crippen LogP contribution is -2.31. The van der Waals surface area contributed by atoms with Crippen molar-refractivity contribution in [2.24, 2.45) is 9.98 Å². The predicted octanol–water partition coefficient (Wildman–Crippen LogP) is 5.88. The van der Waals surface area contributed by atoms with Gasteiger partial charge in [0.1, 0.15) is 6.21 Å². The highest BCUT2D eigenvalue weighted by atomic mass is 16.6. The van der Waals surface area contributed by atoms with Crippen LogP contribution in [0.4, 0.5) is 0 Å². The maximum atomic E-state index is 12.2. The van der Waals surface area contributed by atoms with E-state index in [2.05, 4.69) is 53.4 Å². The van der Waals surface area contributed by atoms with E-state index < -0.39 is 34.1 Å². The fourth-order valence-electron chi connectivity index (χ4n) is 3.55. The highest BCUT2D eigenvalue weighted by molar-refractivity contribution is 6.28. The first-order valence-electron chi connectivity index (χ1n) is 13.9. The molecule has 0 radical (unpaired) electrons. The van der Waals surface area contributed by atoms with E-state index in [9.17, 15) is 24.5 Å². The van der Waals surface area contributed by atoms with E-state index in [1.807, 2.05) is 0 Å². The number of ketones is 1. The molecule has 0 amide bonds. The number of carbonyl (C=O) groups is 3. The standard InChI is InChI=1S/C29H43N3O7/c1-3-4-5-6-7-8-9-10-11-12-13-14-15-16-17-18-22-38-27(34)19-20-28(35)39-23-21-25(33)29(2)30-24-26(31-29)32(36)37/h7-8,10-11,13-14,24H,3-6,9,12,15-23H2,1-2H3. The van der Waals surface area contributed by atoms with Crippen LogP contribution in [0, 0.1) is 10.1 Å². The molecule has 216 valence electrons. The summed E-state index contributed by atoms with van der Waals surface area (Å²) in [5.74, 6) is -2.10. The summed E-state index contributed by atoms with van der Waals surface area (Å²) in [6.45, 7) is 3.66. The quantitative estimate of drug-likeness (QED) is 0.0577. The maximum Gasteiger partial charge on any atom is 0.379 e. The number of unbranched alkanes of at least 4 members (excludes halogenated alkanes) is 6. The molecule has 1 rings (SSSR count). The van der Waals surface area contributed by atoms with Crippen molar-refractivity contribution in [1.82, 2.24) is 0 Å². The third-order valence-electron chi connectivity index (χ3n) is 5.90. The Balaban J connectivity index is 1.99. The van der Waals surface area contributed by atoms with Gasteiger partial charge in [0.2, 0.25) is 5.78 Å². The van der Waals surface area contributed by atoms with Crippen LogP contribution < -0.4 is 0 Å². The van der Waals surface area contributed by atoms with Gasteiger partial charge in [-0.1, -0.05) is 56.2 Å². The molecule has 1 aliphatic heterocycles. The Morgan fingerprint density at radius 2 is 1.41 bits per heavy atom. The Hall–Kier alpha value is -3.43. The second-order valence-electron chi connectivity index (χ2n) is 9.35. The minimum Gasteiger partial charge on any atom is -0.466 e. The van der Waals surface area contributed by atoms with E-state index in [-0.39, 0.29) is 25.9 Å². The van der Waals surface area contributed by atoms with Crippen molar-refractivity contribution in [2.45, 2.75) is 103 Å². The first-order chi connectivity index (χ1) is 18.8. The molecule has 0 aromatic heterocycles. The Morgan fingerprint density at radius 1 is 0.846 bits per heavy atom. The van der Waals surface area contributed by atoms with Gasteiger partial charge in [0.25, 0.3) is 5.66 Å². The first kappa shape index (κ1) is 33.6. The van der Waals surface area contributed by atoms with Crippen molar-refractivity contribution in [1.29, 1.82) is 0 Å². The Bertz CT molecular complexity index is 937. The average molecular weight is 546 g/mol. The summed E-state index contributed by atoms with van der Waals surface area (Å²) in [5, 5.41) is 10.7. The molecule has 0 spiro atoms. The van der Waals surface area contributed by atoms with Crippen molar-refractivity contribution < 1.29 is 28.8 Å². The fraction of sp³-hybridized carbons (Fsp3) is 0.621. The summed E-state index contributed by atoms with van der Waals surface area (Å²) in [7, 11) is 0. The van der Waals surface area contributed by atoms with Gasteiger partial charge >= 0.3 is 17.8 Å². The lowest BCUT2D eigenvalue weighted by Gasteiger charge is -2.10. The number of nitro groups is 1. The van der Waals surface area contributed by atoms with Crippen LogP contribution in [0.3, 0.4) is 0 Å². The maximum absolute atomic E-state index is 12.2. The third kappa shape index (κ3) is 16.2. The van der Waals surface area contributed by atoms with Crippen molar-refractivity contribution in [3.8, 4) is 0 Å². The van der Waals surface area contributed by atoms with E-state index in [4.69, 9.17) is 9.47 Å². The lowest BCUT2D eigenvalue weighted by atomic mass is 10.1. The number of Topliss-reactive ketones (excluding diaryl/α,β-unsaturated/α-hetero) is 1. The summed E-state index contributed by atoms with van der Waals surface area (Å²) in [6, 6.07) is 0. The van der Waals surface area contributed by atoms with Gasteiger partial charge in [-0.2, -0.15) is 0 Å². The van der Waals surface area contributed by atoms with Crippen molar-refractivity contribution in [2.75, 3.05) is 13.2 Å². The SMILES string of the molecule is CCCCCC=CCC=CCC=CCCCCCOC(=O)CCC(=O)OCCC(=O)C1(C)N=CC([N+](=O)[O-])=N1. The molecule has 10 heteroatoms. The number of hydrogen-bond acceptors (Lipinski definition) is 9. The van der Waals surface area contributed by atoms with Crippen molar-refractivity contribution in [3.63, 3.8) is 0 Å². The molecule has 39 heavy (non-hydrogen) atoms. The minimum atomic E-state index is -1.57. The van der Waals surface area contributed by atoms with Gasteiger partial charge in [0.05, 0.1) is 26.1 Å². The highest BCUT2D eigenvalue weighted by Crippen LogP contribution is 2.20. The van der Waals surface area contributed by atoms with Crippen LogP contribution >= 0.6 is 0 Å². The van der Waals surface area contributed by atoms with Crippen molar-refractivity contribution in [3.05, 3.63) is 46.6 Å². The number of nitrogens with zero attached hydrogens (tertiary/aromatic N) is 3. The highest BCUT2D eigenvalue weighted by Gasteiger charge is 2.42. The molecule has 0 saturated heterocycles. The molecule has 1 atom stereocenters. The van der Waals surface area contributed by atoms with Gasteiger partial charge in [-0.3, -0.25) is 14.4 Å². The van der Waals surface area contributed by atoms with Crippen LogP contribution in [0.15, 0.2) is 46.4 Å². The normalized spacial score (nSPS) is 16.8. The average Bonchev–Trinajstić information content (AvgIpc) is 3.33. The lowest BCUT2D eigenvalue weighted by molar-refractivity contribution is -0.345. The zero-order valence-electron chi connectivity index (χ0n) is 23.3. The number of aliphatic imine (C=N–C) groups is 2.